The zero-order valence-corrected chi connectivity index (χ0v) is 7.77. The van der Waals surface area contributed by atoms with Gasteiger partial charge in [0.2, 0.25) is 0 Å². The van der Waals surface area contributed by atoms with E-state index in [0.717, 1.165) is 0 Å². The van der Waals surface area contributed by atoms with E-state index in [0.29, 0.717) is 6.04 Å². The van der Waals surface area contributed by atoms with Crippen LogP contribution in [-0.4, -0.2) is 13.1 Å². The Hall–Kier alpha value is -1.50. The number of para-hydroxylation sites is 1. The molecular weight excluding hydrogens is 158 g/mol. The van der Waals surface area contributed by atoms with Crippen LogP contribution in [0.25, 0.3) is 6.08 Å². The van der Waals surface area contributed by atoms with Gasteiger partial charge in [0.05, 0.1) is 6.04 Å². The van der Waals surface area contributed by atoms with E-state index in [1.165, 1.54) is 11.3 Å². The van der Waals surface area contributed by atoms with Crippen molar-refractivity contribution in [2.75, 3.05) is 11.9 Å². The summed E-state index contributed by atoms with van der Waals surface area (Å²) in [6.07, 6.45) is 6.27. The number of hydrogen-bond acceptors (Lipinski definition) is 1. The zero-order valence-electron chi connectivity index (χ0n) is 7.77. The van der Waals surface area contributed by atoms with Crippen LogP contribution < -0.4 is 4.90 Å². The molecule has 0 aliphatic carbocycles. The highest BCUT2D eigenvalue weighted by Gasteiger charge is 2.14. The lowest BCUT2D eigenvalue weighted by molar-refractivity contribution is 0.888. The van der Waals surface area contributed by atoms with Crippen molar-refractivity contribution in [1.29, 1.82) is 0 Å². The maximum Gasteiger partial charge on any atom is 0.0654 e. The van der Waals surface area contributed by atoms with Crippen molar-refractivity contribution in [1.82, 2.24) is 0 Å². The van der Waals surface area contributed by atoms with Crippen molar-refractivity contribution in [3.05, 3.63) is 48.6 Å². The molecule has 0 saturated carbocycles. The van der Waals surface area contributed by atoms with Crippen LogP contribution in [0, 0.1) is 0 Å². The molecule has 1 heterocycles. The van der Waals surface area contributed by atoms with Gasteiger partial charge in [0.15, 0.2) is 0 Å². The first kappa shape index (κ1) is 8.11. The molecule has 0 amide bonds. The highest BCUT2D eigenvalue weighted by molar-refractivity contribution is 5.72. The van der Waals surface area contributed by atoms with Gasteiger partial charge in [0.25, 0.3) is 0 Å². The van der Waals surface area contributed by atoms with E-state index in [9.17, 15) is 0 Å². The van der Waals surface area contributed by atoms with Crippen molar-refractivity contribution >= 4 is 11.8 Å². The molecule has 1 heteroatoms. The molecule has 1 nitrogen and oxygen atoms in total. The first-order valence-electron chi connectivity index (χ1n) is 4.45. The van der Waals surface area contributed by atoms with Gasteiger partial charge in [0.1, 0.15) is 0 Å². The largest absolute Gasteiger partial charge is 0.364 e. The number of anilines is 1. The fourth-order valence-electron chi connectivity index (χ4n) is 1.68. The summed E-state index contributed by atoms with van der Waals surface area (Å²) in [5.74, 6) is 0. The molecule has 0 spiro atoms. The van der Waals surface area contributed by atoms with Crippen molar-refractivity contribution < 1.29 is 0 Å². The topological polar surface area (TPSA) is 3.24 Å². The third kappa shape index (κ3) is 1.26. The summed E-state index contributed by atoms with van der Waals surface area (Å²) in [5.41, 5.74) is 2.55. The lowest BCUT2D eigenvalue weighted by atomic mass is 10.0. The van der Waals surface area contributed by atoms with E-state index < -0.39 is 0 Å². The number of benzene rings is 1. The smallest absolute Gasteiger partial charge is 0.0654 e. The van der Waals surface area contributed by atoms with E-state index in [-0.39, 0.29) is 0 Å². The quantitative estimate of drug-likeness (QED) is 0.587. The molecule has 1 atom stereocenters. The predicted octanol–water partition coefficient (Wildman–Crippen LogP) is 2.70. The Kier molecular flexibility index (Phi) is 1.93. The second kappa shape index (κ2) is 3.09. The predicted molar refractivity (Wildman–Crippen MR) is 57.9 cm³/mol. The normalized spacial score (nSPS) is 19.8. The Labute approximate surface area is 79.0 Å². The maximum atomic E-state index is 3.81. The van der Waals surface area contributed by atoms with Gasteiger partial charge in [-0.25, -0.2) is 0 Å². The lowest BCUT2D eigenvalue weighted by Crippen LogP contribution is -2.30. The summed E-state index contributed by atoms with van der Waals surface area (Å²) in [6.45, 7) is 3.81. The minimum absolute atomic E-state index is 0.329. The molecule has 0 radical (unpaired) electrons. The third-order valence-electron chi connectivity index (χ3n) is 2.48. The van der Waals surface area contributed by atoms with Gasteiger partial charge in [-0.05, 0) is 11.6 Å². The van der Waals surface area contributed by atoms with Gasteiger partial charge < -0.3 is 4.90 Å². The van der Waals surface area contributed by atoms with Gasteiger partial charge in [-0.3, -0.25) is 0 Å². The molecule has 1 aliphatic heterocycles. The Morgan fingerprint density at radius 3 is 2.92 bits per heavy atom. The highest BCUT2D eigenvalue weighted by atomic mass is 15.1. The minimum Gasteiger partial charge on any atom is -0.364 e. The molecule has 0 bridgehead atoms. The molecule has 0 aromatic heterocycles. The van der Waals surface area contributed by atoms with Crippen LogP contribution in [0.5, 0.6) is 0 Å². The van der Waals surface area contributed by atoms with Crippen LogP contribution in [0.4, 0.5) is 5.69 Å². The third-order valence-corrected chi connectivity index (χ3v) is 2.48. The molecule has 13 heavy (non-hydrogen) atoms. The molecule has 66 valence electrons. The van der Waals surface area contributed by atoms with E-state index in [2.05, 4.69) is 54.9 Å². The second-order valence-electron chi connectivity index (χ2n) is 3.26. The SMILES string of the molecule is C=CC1C=Cc2ccccc2N1C. The van der Waals surface area contributed by atoms with Crippen LogP contribution >= 0.6 is 0 Å². The molecule has 1 aromatic carbocycles. The molecule has 0 N–H and O–H groups in total. The standard InChI is InChI=1S/C12H13N/c1-3-11-9-8-10-6-4-5-7-12(10)13(11)2/h3-9,11H,1H2,2H3. The van der Waals surface area contributed by atoms with Gasteiger partial charge in [0, 0.05) is 12.7 Å². The highest BCUT2D eigenvalue weighted by Crippen LogP contribution is 2.27. The first-order chi connectivity index (χ1) is 6.33. The summed E-state index contributed by atoms with van der Waals surface area (Å²) in [7, 11) is 2.09. The summed E-state index contributed by atoms with van der Waals surface area (Å²) in [6, 6.07) is 8.71. The lowest BCUT2D eigenvalue weighted by Gasteiger charge is -2.30. The van der Waals surface area contributed by atoms with E-state index in [1.54, 1.807) is 0 Å². The molecular formula is C12H13N. The van der Waals surface area contributed by atoms with E-state index in [1.807, 2.05) is 6.08 Å². The molecule has 0 saturated heterocycles. The van der Waals surface area contributed by atoms with Crippen LogP contribution in [0.3, 0.4) is 0 Å². The molecule has 2 rings (SSSR count). The number of nitrogens with zero attached hydrogens (tertiary/aromatic N) is 1. The Balaban J connectivity index is 2.48. The van der Waals surface area contributed by atoms with Crippen LogP contribution in [0.2, 0.25) is 0 Å². The Morgan fingerprint density at radius 1 is 1.38 bits per heavy atom. The number of fused-ring (bicyclic) bond motifs is 1. The fraction of sp³-hybridized carbons (Fsp3) is 0.167. The zero-order chi connectivity index (χ0) is 9.26. The van der Waals surface area contributed by atoms with Crippen LogP contribution in [0.1, 0.15) is 5.56 Å². The van der Waals surface area contributed by atoms with Crippen LogP contribution in [-0.2, 0) is 0 Å². The Bertz CT molecular complexity index is 352. The Morgan fingerprint density at radius 2 is 2.15 bits per heavy atom. The number of hydrogen-bond donors (Lipinski definition) is 0. The fourth-order valence-corrected chi connectivity index (χ4v) is 1.68. The average molecular weight is 171 g/mol. The second-order valence-corrected chi connectivity index (χ2v) is 3.26. The van der Waals surface area contributed by atoms with Gasteiger partial charge in [-0.15, -0.1) is 6.58 Å². The van der Waals surface area contributed by atoms with Gasteiger partial charge in [-0.1, -0.05) is 36.4 Å². The molecule has 1 aliphatic rings. The summed E-state index contributed by atoms with van der Waals surface area (Å²) < 4.78 is 0. The number of likely N-dealkylation sites (N-methyl/N-ethyl adjacent to an activating group) is 1. The summed E-state index contributed by atoms with van der Waals surface area (Å²) >= 11 is 0. The molecule has 0 fully saturated rings. The monoisotopic (exact) mass is 171 g/mol. The van der Waals surface area contributed by atoms with E-state index in [4.69, 9.17) is 0 Å². The van der Waals surface area contributed by atoms with Gasteiger partial charge in [-0.2, -0.15) is 0 Å². The van der Waals surface area contributed by atoms with Crippen molar-refractivity contribution in [3.8, 4) is 0 Å². The molecule has 1 unspecified atom stereocenters. The molecule has 1 aromatic rings. The van der Waals surface area contributed by atoms with E-state index >= 15 is 0 Å². The number of rotatable bonds is 1. The maximum absolute atomic E-state index is 3.81. The summed E-state index contributed by atoms with van der Waals surface area (Å²) in [4.78, 5) is 2.22. The van der Waals surface area contributed by atoms with Gasteiger partial charge >= 0.3 is 0 Å². The average Bonchev–Trinajstić information content (AvgIpc) is 2.19. The minimum atomic E-state index is 0.329. The van der Waals surface area contributed by atoms with Crippen molar-refractivity contribution in [2.24, 2.45) is 0 Å². The first-order valence-corrected chi connectivity index (χ1v) is 4.45. The van der Waals surface area contributed by atoms with Crippen molar-refractivity contribution in [3.63, 3.8) is 0 Å². The summed E-state index contributed by atoms with van der Waals surface area (Å²) in [5, 5.41) is 0. The van der Waals surface area contributed by atoms with Crippen LogP contribution in [0.15, 0.2) is 43.0 Å². The van der Waals surface area contributed by atoms with Crippen molar-refractivity contribution in [2.45, 2.75) is 6.04 Å².